The number of carboxylic acids is 1. The van der Waals surface area contributed by atoms with Crippen molar-refractivity contribution < 1.29 is 19.4 Å². The number of aliphatic carboxylic acids is 1. The van der Waals surface area contributed by atoms with Crippen LogP contribution >= 0.6 is 11.6 Å². The molecule has 0 bridgehead atoms. The van der Waals surface area contributed by atoms with Crippen LogP contribution in [0.4, 0.5) is 0 Å². The molecule has 22 heavy (non-hydrogen) atoms. The Morgan fingerprint density at radius 2 is 2.00 bits per heavy atom. The van der Waals surface area contributed by atoms with Crippen molar-refractivity contribution in [2.45, 2.75) is 19.3 Å². The van der Waals surface area contributed by atoms with Crippen LogP contribution in [-0.2, 0) is 20.7 Å². The van der Waals surface area contributed by atoms with E-state index in [0.29, 0.717) is 18.2 Å². The lowest BCUT2D eigenvalue weighted by atomic mass is 9.86. The first-order chi connectivity index (χ1) is 10.6. The lowest BCUT2D eigenvalue weighted by molar-refractivity contribution is -0.144. The molecule has 1 unspecified atom stereocenters. The monoisotopic (exact) mass is 325 g/mol. The summed E-state index contributed by atoms with van der Waals surface area (Å²) in [5.74, 6) is -1.61. The Balaban J connectivity index is 1.87. The second-order valence-corrected chi connectivity index (χ2v) is 5.87. The Kier molecular flexibility index (Phi) is 6.21. The quantitative estimate of drug-likeness (QED) is 0.840. The van der Waals surface area contributed by atoms with Gasteiger partial charge >= 0.3 is 5.97 Å². The van der Waals surface area contributed by atoms with Gasteiger partial charge in [0.2, 0.25) is 5.91 Å². The van der Waals surface area contributed by atoms with Gasteiger partial charge in [-0.1, -0.05) is 29.8 Å². The number of halogens is 1. The number of ether oxygens (including phenoxy) is 1. The number of hydrogen-bond acceptors (Lipinski definition) is 3. The number of rotatable bonds is 6. The first kappa shape index (κ1) is 16.8. The molecule has 0 aliphatic carbocycles. The molecule has 1 aromatic rings. The fourth-order valence-electron chi connectivity index (χ4n) is 2.67. The maximum Gasteiger partial charge on any atom is 0.308 e. The highest BCUT2D eigenvalue weighted by atomic mass is 35.5. The first-order valence-corrected chi connectivity index (χ1v) is 7.76. The van der Waals surface area contributed by atoms with Crippen LogP contribution in [-0.4, -0.2) is 36.7 Å². The van der Waals surface area contributed by atoms with E-state index in [1.807, 2.05) is 6.07 Å². The molecule has 1 aliphatic rings. The van der Waals surface area contributed by atoms with Gasteiger partial charge in [-0.2, -0.15) is 0 Å². The van der Waals surface area contributed by atoms with Crippen molar-refractivity contribution in [3.05, 3.63) is 34.9 Å². The van der Waals surface area contributed by atoms with E-state index < -0.39 is 11.9 Å². The number of hydrogen-bond donors (Lipinski definition) is 2. The summed E-state index contributed by atoms with van der Waals surface area (Å²) in [6.45, 7) is 1.31. The Labute approximate surface area is 134 Å². The highest BCUT2D eigenvalue weighted by molar-refractivity contribution is 6.31. The highest BCUT2D eigenvalue weighted by Gasteiger charge is 2.29. The molecule has 0 aromatic heterocycles. The minimum atomic E-state index is -0.870. The summed E-state index contributed by atoms with van der Waals surface area (Å²) in [5, 5.41) is 12.6. The molecule has 1 fully saturated rings. The maximum atomic E-state index is 12.0. The van der Waals surface area contributed by atoms with Crippen molar-refractivity contribution in [2.75, 3.05) is 19.8 Å². The van der Waals surface area contributed by atoms with Gasteiger partial charge in [0.1, 0.15) is 0 Å². The molecule has 1 heterocycles. The third-order valence-electron chi connectivity index (χ3n) is 3.98. The van der Waals surface area contributed by atoms with Crippen LogP contribution in [0.1, 0.15) is 18.4 Å². The van der Waals surface area contributed by atoms with Crippen molar-refractivity contribution in [1.29, 1.82) is 0 Å². The maximum absolute atomic E-state index is 12.0. The topological polar surface area (TPSA) is 75.6 Å². The number of carboxylic acid groups (broad SMARTS) is 1. The molecular formula is C16H20ClNO4. The highest BCUT2D eigenvalue weighted by Crippen LogP contribution is 2.24. The van der Waals surface area contributed by atoms with Gasteiger partial charge in [0, 0.05) is 24.8 Å². The molecule has 1 atom stereocenters. The number of carbonyl (C=O) groups is 2. The van der Waals surface area contributed by atoms with Gasteiger partial charge in [-0.05, 0) is 30.4 Å². The molecule has 1 amide bonds. The number of nitrogens with one attached hydrogen (secondary N) is 1. The zero-order chi connectivity index (χ0) is 15.9. The minimum absolute atomic E-state index is 0.0480. The zero-order valence-electron chi connectivity index (χ0n) is 12.3. The number of benzene rings is 1. The molecule has 5 nitrogen and oxygen atoms in total. The zero-order valence-corrected chi connectivity index (χ0v) is 13.0. The second-order valence-electron chi connectivity index (χ2n) is 5.47. The van der Waals surface area contributed by atoms with Crippen LogP contribution in [0.2, 0.25) is 5.02 Å². The molecule has 0 radical (unpaired) electrons. The summed E-state index contributed by atoms with van der Waals surface area (Å²) >= 11 is 6.02. The summed E-state index contributed by atoms with van der Waals surface area (Å²) in [6, 6.07) is 7.13. The lowest BCUT2D eigenvalue weighted by Crippen LogP contribution is -2.39. The van der Waals surface area contributed by atoms with Gasteiger partial charge in [-0.3, -0.25) is 9.59 Å². The Morgan fingerprint density at radius 1 is 1.32 bits per heavy atom. The van der Waals surface area contributed by atoms with Crippen LogP contribution in [0.25, 0.3) is 0 Å². The molecule has 1 saturated heterocycles. The van der Waals surface area contributed by atoms with Crippen LogP contribution in [0.5, 0.6) is 0 Å². The molecular weight excluding hydrogens is 306 g/mol. The van der Waals surface area contributed by atoms with Crippen LogP contribution in [0.15, 0.2) is 24.3 Å². The van der Waals surface area contributed by atoms with Crippen LogP contribution in [0.3, 0.4) is 0 Å². The normalized spacial score (nSPS) is 17.0. The standard InChI is InChI=1S/C16H20ClNO4/c17-14-4-2-1-3-12(14)9-15(19)18-10-13(16(20)21)11-5-7-22-8-6-11/h1-4,11,13H,5-10H2,(H,18,19)(H,20,21). The van der Waals surface area contributed by atoms with E-state index in [0.717, 1.165) is 18.4 Å². The Hall–Kier alpha value is -1.59. The molecule has 2 rings (SSSR count). The van der Waals surface area contributed by atoms with Gasteiger partial charge < -0.3 is 15.2 Å². The van der Waals surface area contributed by atoms with Crippen LogP contribution < -0.4 is 5.32 Å². The van der Waals surface area contributed by atoms with Crippen LogP contribution in [0, 0.1) is 11.8 Å². The van der Waals surface area contributed by atoms with E-state index >= 15 is 0 Å². The summed E-state index contributed by atoms with van der Waals surface area (Å²) in [5.41, 5.74) is 0.736. The number of carbonyl (C=O) groups excluding carboxylic acids is 1. The summed E-state index contributed by atoms with van der Waals surface area (Å²) in [6.07, 6.45) is 1.59. The Bertz CT molecular complexity index is 529. The van der Waals surface area contributed by atoms with Crippen molar-refractivity contribution in [3.8, 4) is 0 Å². The molecule has 1 aliphatic heterocycles. The van der Waals surface area contributed by atoms with Gasteiger partial charge in [-0.15, -0.1) is 0 Å². The van der Waals surface area contributed by atoms with Gasteiger partial charge in [0.25, 0.3) is 0 Å². The second kappa shape index (κ2) is 8.15. The van der Waals surface area contributed by atoms with E-state index in [9.17, 15) is 14.7 Å². The van der Waals surface area contributed by atoms with E-state index in [1.54, 1.807) is 18.2 Å². The van der Waals surface area contributed by atoms with Crippen molar-refractivity contribution in [2.24, 2.45) is 11.8 Å². The van der Waals surface area contributed by atoms with Gasteiger partial charge in [0.15, 0.2) is 0 Å². The number of amides is 1. The SMILES string of the molecule is O=C(Cc1ccccc1Cl)NCC(C(=O)O)C1CCOCC1. The van der Waals surface area contributed by atoms with Crippen molar-refractivity contribution >= 4 is 23.5 Å². The third-order valence-corrected chi connectivity index (χ3v) is 4.35. The van der Waals surface area contributed by atoms with E-state index in [2.05, 4.69) is 5.32 Å². The molecule has 6 heteroatoms. The smallest absolute Gasteiger partial charge is 0.308 e. The van der Waals surface area contributed by atoms with E-state index in [1.165, 1.54) is 0 Å². The fraction of sp³-hybridized carbons (Fsp3) is 0.500. The fourth-order valence-corrected chi connectivity index (χ4v) is 2.88. The van der Waals surface area contributed by atoms with Crippen molar-refractivity contribution in [3.63, 3.8) is 0 Å². The van der Waals surface area contributed by atoms with Gasteiger partial charge in [-0.25, -0.2) is 0 Å². The first-order valence-electron chi connectivity index (χ1n) is 7.38. The lowest BCUT2D eigenvalue weighted by Gasteiger charge is -2.27. The largest absolute Gasteiger partial charge is 0.481 e. The summed E-state index contributed by atoms with van der Waals surface area (Å²) in [4.78, 5) is 23.4. The molecule has 120 valence electrons. The predicted molar refractivity (Wildman–Crippen MR) is 82.8 cm³/mol. The van der Waals surface area contributed by atoms with E-state index in [-0.39, 0.29) is 24.8 Å². The average molecular weight is 326 g/mol. The van der Waals surface area contributed by atoms with Gasteiger partial charge in [0.05, 0.1) is 12.3 Å². The molecule has 1 aromatic carbocycles. The molecule has 0 spiro atoms. The molecule has 0 saturated carbocycles. The summed E-state index contributed by atoms with van der Waals surface area (Å²) in [7, 11) is 0. The average Bonchev–Trinajstić information content (AvgIpc) is 2.50. The minimum Gasteiger partial charge on any atom is -0.481 e. The molecule has 2 N–H and O–H groups in total. The van der Waals surface area contributed by atoms with E-state index in [4.69, 9.17) is 16.3 Å². The Morgan fingerprint density at radius 3 is 2.64 bits per heavy atom. The third kappa shape index (κ3) is 4.71. The van der Waals surface area contributed by atoms with Crippen molar-refractivity contribution in [1.82, 2.24) is 5.32 Å². The predicted octanol–water partition coefficient (Wildman–Crippen LogP) is 2.13. The summed E-state index contributed by atoms with van der Waals surface area (Å²) < 4.78 is 5.25.